The first-order valence-corrected chi connectivity index (χ1v) is 6.45. The number of fused-ring (bicyclic) bond motifs is 1. The topological polar surface area (TPSA) is 49.6 Å². The molecule has 2 fully saturated rings. The molecule has 0 aromatic heterocycles. The van der Waals surface area contributed by atoms with Crippen LogP contribution in [0, 0.1) is 5.92 Å². The van der Waals surface area contributed by atoms with E-state index in [1.54, 1.807) is 0 Å². The second-order valence-corrected chi connectivity index (χ2v) is 5.11. The molecule has 0 aromatic carbocycles. The molecule has 4 nitrogen and oxygen atoms in total. The van der Waals surface area contributed by atoms with Gasteiger partial charge in [-0.15, -0.1) is 0 Å². The van der Waals surface area contributed by atoms with Crippen molar-refractivity contribution < 1.29 is 4.79 Å². The number of rotatable bonds is 2. The van der Waals surface area contributed by atoms with Crippen LogP contribution in [0.4, 0.5) is 0 Å². The van der Waals surface area contributed by atoms with Gasteiger partial charge in [-0.05, 0) is 19.4 Å². The highest BCUT2D eigenvalue weighted by Gasteiger charge is 2.31. The second kappa shape index (κ2) is 5.15. The lowest BCUT2D eigenvalue weighted by molar-refractivity contribution is -0.138. The van der Waals surface area contributed by atoms with Gasteiger partial charge in [-0.3, -0.25) is 9.69 Å². The molecule has 2 aliphatic rings. The zero-order valence-corrected chi connectivity index (χ0v) is 10.2. The molecule has 92 valence electrons. The average Bonchev–Trinajstić information content (AvgIpc) is 2.36. The van der Waals surface area contributed by atoms with Crippen molar-refractivity contribution in [2.75, 3.05) is 32.7 Å². The van der Waals surface area contributed by atoms with Crippen LogP contribution >= 0.6 is 0 Å². The third-order valence-electron chi connectivity index (χ3n) is 3.92. The lowest BCUT2D eigenvalue weighted by Gasteiger charge is -2.44. The molecule has 2 heterocycles. The van der Waals surface area contributed by atoms with Crippen molar-refractivity contribution in [1.82, 2.24) is 9.80 Å². The van der Waals surface area contributed by atoms with Crippen LogP contribution in [0.25, 0.3) is 0 Å². The van der Waals surface area contributed by atoms with Gasteiger partial charge in [0.05, 0.1) is 0 Å². The minimum Gasteiger partial charge on any atom is -0.340 e. The number of hydrogen-bond acceptors (Lipinski definition) is 3. The van der Waals surface area contributed by atoms with E-state index in [0.29, 0.717) is 12.6 Å². The van der Waals surface area contributed by atoms with E-state index in [-0.39, 0.29) is 11.8 Å². The van der Waals surface area contributed by atoms with Crippen LogP contribution in [0.15, 0.2) is 0 Å². The fraction of sp³-hybridized carbons (Fsp3) is 0.917. The van der Waals surface area contributed by atoms with Crippen molar-refractivity contribution in [3.8, 4) is 0 Å². The Bertz CT molecular complexity index is 257. The van der Waals surface area contributed by atoms with E-state index >= 15 is 0 Å². The largest absolute Gasteiger partial charge is 0.340 e. The maximum Gasteiger partial charge on any atom is 0.226 e. The molecular weight excluding hydrogens is 202 g/mol. The molecule has 0 spiro atoms. The first kappa shape index (κ1) is 11.9. The van der Waals surface area contributed by atoms with Crippen molar-refractivity contribution in [3.63, 3.8) is 0 Å². The van der Waals surface area contributed by atoms with Crippen molar-refractivity contribution >= 4 is 5.91 Å². The summed E-state index contributed by atoms with van der Waals surface area (Å²) >= 11 is 0. The first-order valence-electron chi connectivity index (χ1n) is 6.45. The van der Waals surface area contributed by atoms with Crippen LogP contribution in [-0.4, -0.2) is 54.5 Å². The highest BCUT2D eigenvalue weighted by molar-refractivity contribution is 5.78. The monoisotopic (exact) mass is 225 g/mol. The molecule has 4 heteroatoms. The zero-order valence-electron chi connectivity index (χ0n) is 10.2. The molecule has 2 unspecified atom stereocenters. The number of carbonyl (C=O) groups excluding carboxylic acids is 1. The van der Waals surface area contributed by atoms with Gasteiger partial charge < -0.3 is 10.6 Å². The molecule has 1 amide bonds. The quantitative estimate of drug-likeness (QED) is 0.734. The van der Waals surface area contributed by atoms with Gasteiger partial charge in [-0.1, -0.05) is 13.3 Å². The molecule has 16 heavy (non-hydrogen) atoms. The number of nitrogens with zero attached hydrogens (tertiary/aromatic N) is 2. The van der Waals surface area contributed by atoms with Crippen LogP contribution in [0.1, 0.15) is 26.2 Å². The summed E-state index contributed by atoms with van der Waals surface area (Å²) in [5.74, 6) is 0.225. The fourth-order valence-electron chi connectivity index (χ4n) is 2.77. The number of hydrogen-bond donors (Lipinski definition) is 1. The van der Waals surface area contributed by atoms with Gasteiger partial charge in [0.15, 0.2) is 0 Å². The summed E-state index contributed by atoms with van der Waals surface area (Å²) in [7, 11) is 0. The molecule has 2 atom stereocenters. The van der Waals surface area contributed by atoms with Gasteiger partial charge in [0.25, 0.3) is 0 Å². The molecule has 2 aliphatic heterocycles. The van der Waals surface area contributed by atoms with Gasteiger partial charge in [0, 0.05) is 38.1 Å². The number of amides is 1. The minimum absolute atomic E-state index is 0.0184. The highest BCUT2D eigenvalue weighted by atomic mass is 16.2. The van der Waals surface area contributed by atoms with Crippen LogP contribution in [0.3, 0.4) is 0 Å². The van der Waals surface area contributed by atoms with Crippen molar-refractivity contribution in [2.24, 2.45) is 11.7 Å². The SMILES string of the molecule is CC(CN)C(=O)N1CCN2CCCCC2C1. The Morgan fingerprint density at radius 3 is 2.94 bits per heavy atom. The number of piperazine rings is 1. The Kier molecular flexibility index (Phi) is 3.82. The summed E-state index contributed by atoms with van der Waals surface area (Å²) in [5.41, 5.74) is 5.55. The maximum absolute atomic E-state index is 12.0. The van der Waals surface area contributed by atoms with E-state index in [1.165, 1.54) is 25.8 Å². The van der Waals surface area contributed by atoms with E-state index in [2.05, 4.69) is 4.90 Å². The third-order valence-corrected chi connectivity index (χ3v) is 3.92. The predicted octanol–water partition coefficient (Wildman–Crippen LogP) is 0.278. The molecule has 2 rings (SSSR count). The Morgan fingerprint density at radius 2 is 2.19 bits per heavy atom. The maximum atomic E-state index is 12.0. The molecule has 0 aliphatic carbocycles. The lowest BCUT2D eigenvalue weighted by atomic mass is 9.98. The summed E-state index contributed by atoms with van der Waals surface area (Å²) in [6.07, 6.45) is 3.89. The standard InChI is InChI=1S/C12H23N3O/c1-10(8-13)12(16)15-7-6-14-5-3-2-4-11(14)9-15/h10-11H,2-9,13H2,1H3. The molecular formula is C12H23N3O. The van der Waals surface area contributed by atoms with Crippen LogP contribution in [0.5, 0.6) is 0 Å². The second-order valence-electron chi connectivity index (χ2n) is 5.11. The first-order chi connectivity index (χ1) is 7.72. The Morgan fingerprint density at radius 1 is 1.38 bits per heavy atom. The molecule has 0 saturated carbocycles. The van der Waals surface area contributed by atoms with E-state index in [1.807, 2.05) is 11.8 Å². The van der Waals surface area contributed by atoms with Gasteiger partial charge in [-0.2, -0.15) is 0 Å². The number of piperidine rings is 1. The van der Waals surface area contributed by atoms with Crippen LogP contribution in [-0.2, 0) is 4.79 Å². The van der Waals surface area contributed by atoms with Crippen LogP contribution < -0.4 is 5.73 Å². The van der Waals surface area contributed by atoms with Gasteiger partial charge in [-0.25, -0.2) is 0 Å². The van der Waals surface area contributed by atoms with Crippen LogP contribution in [0.2, 0.25) is 0 Å². The normalized spacial score (nSPS) is 28.6. The smallest absolute Gasteiger partial charge is 0.226 e. The zero-order chi connectivity index (χ0) is 11.5. The highest BCUT2D eigenvalue weighted by Crippen LogP contribution is 2.21. The average molecular weight is 225 g/mol. The molecule has 2 N–H and O–H groups in total. The van der Waals surface area contributed by atoms with E-state index in [0.717, 1.165) is 19.6 Å². The van der Waals surface area contributed by atoms with E-state index < -0.39 is 0 Å². The minimum atomic E-state index is -0.0184. The summed E-state index contributed by atoms with van der Waals surface area (Å²) in [5, 5.41) is 0. The van der Waals surface area contributed by atoms with Gasteiger partial charge in [0.2, 0.25) is 5.91 Å². The van der Waals surface area contributed by atoms with Crippen molar-refractivity contribution in [3.05, 3.63) is 0 Å². The molecule has 2 saturated heterocycles. The molecule has 0 aromatic rings. The van der Waals surface area contributed by atoms with Crippen molar-refractivity contribution in [1.29, 1.82) is 0 Å². The summed E-state index contributed by atoms with van der Waals surface area (Å²) in [6, 6.07) is 0.608. The summed E-state index contributed by atoms with van der Waals surface area (Å²) < 4.78 is 0. The third kappa shape index (κ3) is 2.38. The summed E-state index contributed by atoms with van der Waals surface area (Å²) in [4.78, 5) is 16.6. The summed E-state index contributed by atoms with van der Waals surface area (Å²) in [6.45, 7) is 6.47. The Labute approximate surface area is 97.8 Å². The van der Waals surface area contributed by atoms with E-state index in [9.17, 15) is 4.79 Å². The molecule has 0 radical (unpaired) electrons. The number of nitrogens with two attached hydrogens (primary N) is 1. The lowest BCUT2D eigenvalue weighted by Crippen LogP contribution is -2.57. The van der Waals surface area contributed by atoms with Gasteiger partial charge in [0.1, 0.15) is 0 Å². The Balaban J connectivity index is 1.92. The van der Waals surface area contributed by atoms with Crippen molar-refractivity contribution in [2.45, 2.75) is 32.2 Å². The van der Waals surface area contributed by atoms with Gasteiger partial charge >= 0.3 is 0 Å². The predicted molar refractivity (Wildman–Crippen MR) is 64.0 cm³/mol. The Hall–Kier alpha value is -0.610. The number of carbonyl (C=O) groups is 1. The van der Waals surface area contributed by atoms with E-state index in [4.69, 9.17) is 5.73 Å². The molecule has 0 bridgehead atoms. The fourth-order valence-corrected chi connectivity index (χ4v) is 2.77.